The summed E-state index contributed by atoms with van der Waals surface area (Å²) in [5.74, 6) is 0. The molecule has 0 atom stereocenters. The summed E-state index contributed by atoms with van der Waals surface area (Å²) < 4.78 is 0. The Morgan fingerprint density at radius 3 is 2.77 bits per heavy atom. The maximum absolute atomic E-state index is 3.50. The maximum Gasteiger partial charge on any atom is 0.0166 e. The molecule has 0 bridgehead atoms. The van der Waals surface area contributed by atoms with Crippen LogP contribution in [0.5, 0.6) is 0 Å². The van der Waals surface area contributed by atoms with Gasteiger partial charge in [0.15, 0.2) is 0 Å². The second-order valence-electron chi connectivity index (χ2n) is 4.35. The van der Waals surface area contributed by atoms with Gasteiger partial charge in [-0.05, 0) is 25.7 Å². The van der Waals surface area contributed by atoms with Gasteiger partial charge >= 0.3 is 0 Å². The zero-order valence-corrected chi connectivity index (χ0v) is 9.10. The van der Waals surface area contributed by atoms with Crippen molar-refractivity contribution in [1.29, 1.82) is 0 Å². The predicted octanol–water partition coefficient (Wildman–Crippen LogP) is 3.27. The Balaban J connectivity index is 2.27. The summed E-state index contributed by atoms with van der Waals surface area (Å²) in [5.41, 5.74) is 1.63. The lowest BCUT2D eigenvalue weighted by molar-refractivity contribution is 0.579. The molecule has 0 heterocycles. The summed E-state index contributed by atoms with van der Waals surface area (Å²) in [7, 11) is 0. The van der Waals surface area contributed by atoms with Crippen LogP contribution >= 0.6 is 0 Å². The molecule has 1 aliphatic carbocycles. The van der Waals surface area contributed by atoms with Crippen molar-refractivity contribution >= 4 is 0 Å². The van der Waals surface area contributed by atoms with Gasteiger partial charge in [0.1, 0.15) is 0 Å². The van der Waals surface area contributed by atoms with Crippen LogP contribution in [-0.2, 0) is 0 Å². The minimum absolute atomic E-state index is 0.617. The van der Waals surface area contributed by atoms with E-state index in [0.717, 1.165) is 6.54 Å². The lowest BCUT2D eigenvalue weighted by atomic mass is 10.00. The molecule has 1 N–H and O–H groups in total. The summed E-state index contributed by atoms with van der Waals surface area (Å²) in [6.07, 6.45) is 10.7. The van der Waals surface area contributed by atoms with Gasteiger partial charge in [-0.1, -0.05) is 38.3 Å². The minimum Gasteiger partial charge on any atom is -0.311 e. The van der Waals surface area contributed by atoms with E-state index in [1.54, 1.807) is 5.57 Å². The summed E-state index contributed by atoms with van der Waals surface area (Å²) in [6.45, 7) is 5.53. The summed E-state index contributed by atoms with van der Waals surface area (Å²) in [4.78, 5) is 0. The molecule has 0 amide bonds. The molecule has 0 saturated heterocycles. The van der Waals surface area contributed by atoms with E-state index < -0.39 is 0 Å². The van der Waals surface area contributed by atoms with Crippen molar-refractivity contribution in [2.75, 3.05) is 6.54 Å². The highest BCUT2D eigenvalue weighted by Gasteiger charge is 2.02. The lowest BCUT2D eigenvalue weighted by Gasteiger charge is -2.14. The Kier molecular flexibility index (Phi) is 5.14. The molecular formula is C12H23N. The molecule has 0 aliphatic heterocycles. The largest absolute Gasteiger partial charge is 0.311 e. The Morgan fingerprint density at radius 2 is 2.00 bits per heavy atom. The Hall–Kier alpha value is -0.300. The topological polar surface area (TPSA) is 12.0 Å². The summed E-state index contributed by atoms with van der Waals surface area (Å²) in [6, 6.07) is 0.617. The predicted molar refractivity (Wildman–Crippen MR) is 58.9 cm³/mol. The lowest BCUT2D eigenvalue weighted by Crippen LogP contribution is -2.25. The summed E-state index contributed by atoms with van der Waals surface area (Å²) >= 11 is 0. The van der Waals surface area contributed by atoms with Crippen molar-refractivity contribution in [3.63, 3.8) is 0 Å². The molecule has 0 aromatic heterocycles. The molecular weight excluding hydrogens is 158 g/mol. The van der Waals surface area contributed by atoms with Crippen LogP contribution < -0.4 is 5.32 Å². The van der Waals surface area contributed by atoms with E-state index in [1.165, 1.54) is 38.5 Å². The van der Waals surface area contributed by atoms with Crippen molar-refractivity contribution in [2.45, 2.75) is 58.4 Å². The van der Waals surface area contributed by atoms with Crippen molar-refractivity contribution in [1.82, 2.24) is 5.32 Å². The average Bonchev–Trinajstić information content (AvgIpc) is 2.01. The number of allylic oxidation sites excluding steroid dienone is 1. The Labute approximate surface area is 82.6 Å². The van der Waals surface area contributed by atoms with Crippen LogP contribution in [0.3, 0.4) is 0 Å². The molecule has 0 aromatic rings. The molecule has 0 spiro atoms. The van der Waals surface area contributed by atoms with Crippen molar-refractivity contribution in [2.24, 2.45) is 0 Å². The number of rotatable bonds is 3. The molecule has 13 heavy (non-hydrogen) atoms. The number of hydrogen-bond acceptors (Lipinski definition) is 1. The molecule has 0 saturated carbocycles. The number of nitrogens with one attached hydrogen (secondary N) is 1. The van der Waals surface area contributed by atoms with Gasteiger partial charge in [0.25, 0.3) is 0 Å². The summed E-state index contributed by atoms with van der Waals surface area (Å²) in [5, 5.41) is 3.50. The van der Waals surface area contributed by atoms with Crippen molar-refractivity contribution < 1.29 is 0 Å². The quantitative estimate of drug-likeness (QED) is 0.659. The van der Waals surface area contributed by atoms with Gasteiger partial charge in [-0.25, -0.2) is 0 Å². The Morgan fingerprint density at radius 1 is 1.23 bits per heavy atom. The zero-order chi connectivity index (χ0) is 9.52. The van der Waals surface area contributed by atoms with Gasteiger partial charge in [-0.2, -0.15) is 0 Å². The van der Waals surface area contributed by atoms with Crippen LogP contribution in [0.2, 0.25) is 0 Å². The van der Waals surface area contributed by atoms with Crippen LogP contribution in [0.25, 0.3) is 0 Å². The Bertz CT molecular complexity index is 159. The molecule has 1 rings (SSSR count). The van der Waals surface area contributed by atoms with Gasteiger partial charge in [-0.3, -0.25) is 0 Å². The van der Waals surface area contributed by atoms with E-state index in [2.05, 4.69) is 25.2 Å². The number of hydrogen-bond donors (Lipinski definition) is 1. The molecule has 1 nitrogen and oxygen atoms in total. The van der Waals surface area contributed by atoms with E-state index in [9.17, 15) is 0 Å². The highest BCUT2D eigenvalue weighted by Crippen LogP contribution is 2.16. The minimum atomic E-state index is 0.617. The fraction of sp³-hybridized carbons (Fsp3) is 0.833. The van der Waals surface area contributed by atoms with E-state index in [1.807, 2.05) is 0 Å². The van der Waals surface area contributed by atoms with Gasteiger partial charge < -0.3 is 5.32 Å². The second kappa shape index (κ2) is 6.20. The highest BCUT2D eigenvalue weighted by atomic mass is 14.9. The first-order valence-corrected chi connectivity index (χ1v) is 5.70. The monoisotopic (exact) mass is 181 g/mol. The molecule has 0 unspecified atom stereocenters. The normalized spacial score (nSPS) is 23.5. The third kappa shape index (κ3) is 5.09. The van der Waals surface area contributed by atoms with Crippen LogP contribution in [0.15, 0.2) is 11.6 Å². The van der Waals surface area contributed by atoms with Gasteiger partial charge in [0.2, 0.25) is 0 Å². The fourth-order valence-electron chi connectivity index (χ4n) is 1.75. The standard InChI is InChI=1S/C12H23N/c1-11(2)13-10-12-8-6-4-3-5-7-9-12/h8,11,13H,3-7,9-10H2,1-2H3/b12-8+. The van der Waals surface area contributed by atoms with Crippen molar-refractivity contribution in [3.8, 4) is 0 Å². The highest BCUT2D eigenvalue weighted by molar-refractivity contribution is 5.05. The van der Waals surface area contributed by atoms with Gasteiger partial charge in [0, 0.05) is 12.6 Å². The average molecular weight is 181 g/mol. The first-order valence-electron chi connectivity index (χ1n) is 5.70. The first kappa shape index (κ1) is 10.8. The van der Waals surface area contributed by atoms with E-state index in [4.69, 9.17) is 0 Å². The molecule has 1 heteroatoms. The molecule has 76 valence electrons. The van der Waals surface area contributed by atoms with E-state index in [0.29, 0.717) is 6.04 Å². The van der Waals surface area contributed by atoms with Gasteiger partial charge in [-0.15, -0.1) is 0 Å². The van der Waals surface area contributed by atoms with E-state index >= 15 is 0 Å². The van der Waals surface area contributed by atoms with E-state index in [-0.39, 0.29) is 0 Å². The SMILES string of the molecule is CC(C)NC/C1=C/CCCCCC1. The third-order valence-electron chi connectivity index (χ3n) is 2.62. The smallest absolute Gasteiger partial charge is 0.0166 e. The van der Waals surface area contributed by atoms with Gasteiger partial charge in [0.05, 0.1) is 0 Å². The maximum atomic E-state index is 3.50. The zero-order valence-electron chi connectivity index (χ0n) is 9.10. The molecule has 0 radical (unpaired) electrons. The molecule has 0 aromatic carbocycles. The van der Waals surface area contributed by atoms with Crippen LogP contribution in [-0.4, -0.2) is 12.6 Å². The first-order chi connectivity index (χ1) is 6.29. The van der Waals surface area contributed by atoms with Crippen molar-refractivity contribution in [3.05, 3.63) is 11.6 Å². The second-order valence-corrected chi connectivity index (χ2v) is 4.35. The van der Waals surface area contributed by atoms with Crippen LogP contribution in [0, 0.1) is 0 Å². The third-order valence-corrected chi connectivity index (χ3v) is 2.62. The van der Waals surface area contributed by atoms with Crippen LogP contribution in [0.1, 0.15) is 52.4 Å². The fourth-order valence-corrected chi connectivity index (χ4v) is 1.75. The van der Waals surface area contributed by atoms with Crippen LogP contribution in [0.4, 0.5) is 0 Å². The molecule has 0 fully saturated rings. The molecule has 1 aliphatic rings.